The van der Waals surface area contributed by atoms with E-state index in [9.17, 15) is 9.59 Å². The summed E-state index contributed by atoms with van der Waals surface area (Å²) in [5.74, 6) is -0.00422. The standard InChI is InChI=1S/C18H27N3O2/c1-4-5-9-20(3)17(22)15-7-6-8-16(14-15)18(23)21-12-10-19(2)11-13-21/h6-8,14H,4-5,9-13H2,1-3H3. The van der Waals surface area contributed by atoms with Crippen LogP contribution in [0.4, 0.5) is 0 Å². The van der Waals surface area contributed by atoms with Crippen LogP contribution in [0.25, 0.3) is 0 Å². The number of likely N-dealkylation sites (N-methyl/N-ethyl adjacent to an activating group) is 1. The number of hydrogen-bond donors (Lipinski definition) is 0. The number of nitrogens with zero attached hydrogens (tertiary/aromatic N) is 3. The number of amides is 2. The zero-order valence-electron chi connectivity index (χ0n) is 14.4. The smallest absolute Gasteiger partial charge is 0.253 e. The zero-order valence-corrected chi connectivity index (χ0v) is 14.4. The van der Waals surface area contributed by atoms with Crippen LogP contribution in [0.3, 0.4) is 0 Å². The molecule has 0 unspecified atom stereocenters. The monoisotopic (exact) mass is 317 g/mol. The molecule has 0 aliphatic carbocycles. The lowest BCUT2D eigenvalue weighted by Crippen LogP contribution is -2.47. The van der Waals surface area contributed by atoms with Gasteiger partial charge in [-0.15, -0.1) is 0 Å². The predicted octanol–water partition coefficient (Wildman–Crippen LogP) is 1.95. The molecule has 1 aliphatic heterocycles. The van der Waals surface area contributed by atoms with Gasteiger partial charge in [0.25, 0.3) is 11.8 Å². The van der Waals surface area contributed by atoms with Gasteiger partial charge >= 0.3 is 0 Å². The highest BCUT2D eigenvalue weighted by Gasteiger charge is 2.21. The fourth-order valence-electron chi connectivity index (χ4n) is 2.69. The predicted molar refractivity (Wildman–Crippen MR) is 91.7 cm³/mol. The van der Waals surface area contributed by atoms with E-state index in [1.54, 1.807) is 29.2 Å². The topological polar surface area (TPSA) is 43.9 Å². The third-order valence-corrected chi connectivity index (χ3v) is 4.34. The first-order valence-electron chi connectivity index (χ1n) is 8.36. The molecule has 0 atom stereocenters. The van der Waals surface area contributed by atoms with E-state index in [0.29, 0.717) is 11.1 Å². The Labute approximate surface area is 138 Å². The van der Waals surface area contributed by atoms with Gasteiger partial charge in [0, 0.05) is 50.9 Å². The largest absolute Gasteiger partial charge is 0.342 e. The number of rotatable bonds is 5. The highest BCUT2D eigenvalue weighted by atomic mass is 16.2. The minimum absolute atomic E-state index is 0.0176. The molecule has 1 aliphatic rings. The summed E-state index contributed by atoms with van der Waals surface area (Å²) in [6, 6.07) is 7.10. The minimum Gasteiger partial charge on any atom is -0.342 e. The van der Waals surface area contributed by atoms with Crippen LogP contribution >= 0.6 is 0 Å². The molecular formula is C18H27N3O2. The van der Waals surface area contributed by atoms with Gasteiger partial charge in [-0.2, -0.15) is 0 Å². The van der Waals surface area contributed by atoms with Crippen LogP contribution in [-0.2, 0) is 0 Å². The summed E-state index contributed by atoms with van der Waals surface area (Å²) in [5.41, 5.74) is 1.19. The second-order valence-electron chi connectivity index (χ2n) is 6.26. The number of piperazine rings is 1. The van der Waals surface area contributed by atoms with Crippen LogP contribution in [0.1, 0.15) is 40.5 Å². The number of carbonyl (C=O) groups is 2. The van der Waals surface area contributed by atoms with Crippen LogP contribution in [0.15, 0.2) is 24.3 Å². The van der Waals surface area contributed by atoms with Crippen molar-refractivity contribution >= 4 is 11.8 Å². The van der Waals surface area contributed by atoms with Crippen LogP contribution in [-0.4, -0.2) is 73.3 Å². The molecule has 0 saturated carbocycles. The van der Waals surface area contributed by atoms with Crippen molar-refractivity contribution < 1.29 is 9.59 Å². The lowest BCUT2D eigenvalue weighted by atomic mass is 10.1. The van der Waals surface area contributed by atoms with E-state index >= 15 is 0 Å². The Morgan fingerprint density at radius 2 is 1.78 bits per heavy atom. The first kappa shape index (κ1) is 17.5. The molecule has 0 bridgehead atoms. The Hall–Kier alpha value is -1.88. The van der Waals surface area contributed by atoms with Crippen molar-refractivity contribution in [3.63, 3.8) is 0 Å². The van der Waals surface area contributed by atoms with Crippen molar-refractivity contribution in [2.24, 2.45) is 0 Å². The van der Waals surface area contributed by atoms with Gasteiger partial charge in [-0.1, -0.05) is 19.4 Å². The van der Waals surface area contributed by atoms with Crippen molar-refractivity contribution in [1.82, 2.24) is 14.7 Å². The lowest BCUT2D eigenvalue weighted by Gasteiger charge is -2.32. The quantitative estimate of drug-likeness (QED) is 0.834. The average molecular weight is 317 g/mol. The number of hydrogen-bond acceptors (Lipinski definition) is 3. The fraction of sp³-hybridized carbons (Fsp3) is 0.556. The first-order valence-corrected chi connectivity index (χ1v) is 8.36. The molecule has 1 heterocycles. The van der Waals surface area contributed by atoms with Gasteiger partial charge in [0.2, 0.25) is 0 Å². The number of unbranched alkanes of at least 4 members (excludes halogenated alkanes) is 1. The van der Waals surface area contributed by atoms with E-state index in [4.69, 9.17) is 0 Å². The van der Waals surface area contributed by atoms with Gasteiger partial charge in [-0.05, 0) is 31.7 Å². The minimum atomic E-state index is -0.0218. The molecule has 2 rings (SSSR count). The molecular weight excluding hydrogens is 290 g/mol. The van der Waals surface area contributed by atoms with Gasteiger partial charge in [0.15, 0.2) is 0 Å². The molecule has 1 aromatic rings. The maximum Gasteiger partial charge on any atom is 0.253 e. The normalized spacial score (nSPS) is 15.5. The van der Waals surface area contributed by atoms with Crippen LogP contribution in [0.2, 0.25) is 0 Å². The molecule has 0 N–H and O–H groups in total. The SMILES string of the molecule is CCCCN(C)C(=O)c1cccc(C(=O)N2CCN(C)CC2)c1. The van der Waals surface area contributed by atoms with E-state index in [1.807, 2.05) is 11.9 Å². The summed E-state index contributed by atoms with van der Waals surface area (Å²) in [6.07, 6.45) is 2.04. The van der Waals surface area contributed by atoms with Crippen molar-refractivity contribution in [2.75, 3.05) is 46.8 Å². The molecule has 2 amide bonds. The zero-order chi connectivity index (χ0) is 16.8. The molecule has 1 aromatic carbocycles. The Morgan fingerprint density at radius 3 is 2.43 bits per heavy atom. The molecule has 0 spiro atoms. The van der Waals surface area contributed by atoms with Gasteiger partial charge in [-0.25, -0.2) is 0 Å². The molecule has 126 valence electrons. The Morgan fingerprint density at radius 1 is 1.13 bits per heavy atom. The summed E-state index contributed by atoms with van der Waals surface area (Å²) in [5, 5.41) is 0. The second-order valence-corrected chi connectivity index (χ2v) is 6.26. The maximum atomic E-state index is 12.6. The fourth-order valence-corrected chi connectivity index (χ4v) is 2.69. The number of benzene rings is 1. The van der Waals surface area contributed by atoms with Crippen molar-refractivity contribution in [3.8, 4) is 0 Å². The summed E-state index contributed by atoms with van der Waals surface area (Å²) in [6.45, 7) is 6.11. The molecule has 1 fully saturated rings. The van der Waals surface area contributed by atoms with Crippen LogP contribution in [0.5, 0.6) is 0 Å². The third-order valence-electron chi connectivity index (χ3n) is 4.34. The van der Waals surface area contributed by atoms with Gasteiger partial charge in [0.05, 0.1) is 0 Å². The maximum absolute atomic E-state index is 12.6. The molecule has 0 radical (unpaired) electrons. The van der Waals surface area contributed by atoms with Gasteiger partial charge < -0.3 is 14.7 Å². The highest BCUT2D eigenvalue weighted by Crippen LogP contribution is 2.12. The molecule has 5 nitrogen and oxygen atoms in total. The summed E-state index contributed by atoms with van der Waals surface area (Å²) < 4.78 is 0. The van der Waals surface area contributed by atoms with E-state index < -0.39 is 0 Å². The van der Waals surface area contributed by atoms with E-state index in [1.165, 1.54) is 0 Å². The second kappa shape index (κ2) is 8.11. The Balaban J connectivity index is 2.07. The van der Waals surface area contributed by atoms with E-state index in [2.05, 4.69) is 18.9 Å². The molecule has 5 heteroatoms. The Bertz CT molecular complexity index is 551. The van der Waals surface area contributed by atoms with Crippen molar-refractivity contribution in [1.29, 1.82) is 0 Å². The number of carbonyl (C=O) groups excluding carboxylic acids is 2. The van der Waals surface area contributed by atoms with Gasteiger partial charge in [-0.3, -0.25) is 9.59 Å². The lowest BCUT2D eigenvalue weighted by molar-refractivity contribution is 0.0664. The van der Waals surface area contributed by atoms with Crippen LogP contribution < -0.4 is 0 Å². The summed E-state index contributed by atoms with van der Waals surface area (Å²) in [7, 11) is 3.88. The first-order chi connectivity index (χ1) is 11.0. The van der Waals surface area contributed by atoms with E-state index in [0.717, 1.165) is 45.6 Å². The Kier molecular flexibility index (Phi) is 6.16. The molecule has 23 heavy (non-hydrogen) atoms. The summed E-state index contributed by atoms with van der Waals surface area (Å²) >= 11 is 0. The van der Waals surface area contributed by atoms with Gasteiger partial charge in [0.1, 0.15) is 0 Å². The average Bonchev–Trinajstić information content (AvgIpc) is 2.59. The van der Waals surface area contributed by atoms with E-state index in [-0.39, 0.29) is 11.8 Å². The highest BCUT2D eigenvalue weighted by molar-refractivity contribution is 5.99. The summed E-state index contributed by atoms with van der Waals surface area (Å²) in [4.78, 5) is 30.8. The van der Waals surface area contributed by atoms with Crippen molar-refractivity contribution in [3.05, 3.63) is 35.4 Å². The molecule has 0 aromatic heterocycles. The molecule has 1 saturated heterocycles. The van der Waals surface area contributed by atoms with Crippen LogP contribution in [0, 0.1) is 0 Å². The van der Waals surface area contributed by atoms with Crippen molar-refractivity contribution in [2.45, 2.75) is 19.8 Å². The third kappa shape index (κ3) is 4.55.